The molecule has 1 fully saturated rings. The van der Waals surface area contributed by atoms with Crippen LogP contribution in [0.25, 0.3) is 0 Å². The van der Waals surface area contributed by atoms with Crippen LogP contribution in [0.2, 0.25) is 0 Å². The van der Waals surface area contributed by atoms with Crippen molar-refractivity contribution >= 4 is 11.7 Å². The highest BCUT2D eigenvalue weighted by Gasteiger charge is 2.14. The first-order chi connectivity index (χ1) is 11.3. The van der Waals surface area contributed by atoms with Gasteiger partial charge in [0.1, 0.15) is 11.6 Å². The molecule has 5 nitrogen and oxygen atoms in total. The fourth-order valence-corrected chi connectivity index (χ4v) is 2.74. The summed E-state index contributed by atoms with van der Waals surface area (Å²) < 4.78 is 5.15. The van der Waals surface area contributed by atoms with Gasteiger partial charge in [-0.1, -0.05) is 6.07 Å². The zero-order valence-corrected chi connectivity index (χ0v) is 13.3. The van der Waals surface area contributed by atoms with Crippen molar-refractivity contribution < 1.29 is 9.53 Å². The Kier molecular flexibility index (Phi) is 4.76. The smallest absolute Gasteiger partial charge is 0.251 e. The van der Waals surface area contributed by atoms with Crippen LogP contribution in [0, 0.1) is 0 Å². The molecule has 23 heavy (non-hydrogen) atoms. The molecule has 1 saturated heterocycles. The molecule has 0 aliphatic carbocycles. The van der Waals surface area contributed by atoms with E-state index in [0.717, 1.165) is 24.5 Å². The lowest BCUT2D eigenvalue weighted by Crippen LogP contribution is -2.23. The summed E-state index contributed by atoms with van der Waals surface area (Å²) in [5, 5.41) is 2.94. The molecule has 1 N–H and O–H groups in total. The van der Waals surface area contributed by atoms with Crippen molar-refractivity contribution in [3.63, 3.8) is 0 Å². The molecule has 3 rings (SSSR count). The van der Waals surface area contributed by atoms with Crippen LogP contribution >= 0.6 is 0 Å². The van der Waals surface area contributed by atoms with E-state index in [1.165, 1.54) is 12.8 Å². The normalized spacial score (nSPS) is 13.9. The van der Waals surface area contributed by atoms with Gasteiger partial charge in [0.2, 0.25) is 0 Å². The summed E-state index contributed by atoms with van der Waals surface area (Å²) in [5.41, 5.74) is 1.65. The molecule has 5 heteroatoms. The topological polar surface area (TPSA) is 54.5 Å². The molecule has 2 heterocycles. The molecule has 0 atom stereocenters. The van der Waals surface area contributed by atoms with Gasteiger partial charge in [0, 0.05) is 31.4 Å². The largest absolute Gasteiger partial charge is 0.497 e. The SMILES string of the molecule is COc1cccc(C(=O)NCc2ccnc(N3CCCC3)c2)c1. The molecule has 0 bridgehead atoms. The standard InChI is InChI=1S/C18H21N3O2/c1-23-16-6-4-5-15(12-16)18(22)20-13-14-7-8-19-17(11-14)21-9-2-3-10-21/h4-8,11-12H,2-3,9-10,13H2,1H3,(H,20,22). The number of carbonyl (C=O) groups excluding carboxylic acids is 1. The van der Waals surface area contributed by atoms with Crippen molar-refractivity contribution in [1.29, 1.82) is 0 Å². The lowest BCUT2D eigenvalue weighted by Gasteiger charge is -2.17. The Morgan fingerprint density at radius 2 is 2.09 bits per heavy atom. The molecule has 2 aromatic rings. The zero-order chi connectivity index (χ0) is 16.1. The van der Waals surface area contributed by atoms with Crippen molar-refractivity contribution in [3.8, 4) is 5.75 Å². The second-order valence-electron chi connectivity index (χ2n) is 5.63. The van der Waals surface area contributed by atoms with Gasteiger partial charge in [0.05, 0.1) is 7.11 Å². The second-order valence-corrected chi connectivity index (χ2v) is 5.63. The highest BCUT2D eigenvalue weighted by Crippen LogP contribution is 2.18. The van der Waals surface area contributed by atoms with Crippen LogP contribution < -0.4 is 15.0 Å². The first kappa shape index (κ1) is 15.3. The Bertz CT molecular complexity index is 681. The fourth-order valence-electron chi connectivity index (χ4n) is 2.74. The minimum atomic E-state index is -0.108. The summed E-state index contributed by atoms with van der Waals surface area (Å²) in [5.74, 6) is 1.57. The molecule has 0 saturated carbocycles. The molecule has 0 spiro atoms. The predicted molar refractivity (Wildman–Crippen MR) is 89.8 cm³/mol. The van der Waals surface area contributed by atoms with E-state index in [4.69, 9.17) is 4.74 Å². The van der Waals surface area contributed by atoms with Gasteiger partial charge in [-0.05, 0) is 48.7 Å². The quantitative estimate of drug-likeness (QED) is 0.922. The van der Waals surface area contributed by atoms with E-state index in [0.29, 0.717) is 17.9 Å². The highest BCUT2D eigenvalue weighted by atomic mass is 16.5. The third-order valence-corrected chi connectivity index (χ3v) is 4.02. The maximum absolute atomic E-state index is 12.2. The number of anilines is 1. The number of benzene rings is 1. The van der Waals surface area contributed by atoms with Crippen molar-refractivity contribution in [2.75, 3.05) is 25.1 Å². The molecule has 0 radical (unpaired) electrons. The third-order valence-electron chi connectivity index (χ3n) is 4.02. The number of nitrogens with one attached hydrogen (secondary N) is 1. The number of ether oxygens (including phenoxy) is 1. The molecular weight excluding hydrogens is 290 g/mol. The minimum absolute atomic E-state index is 0.108. The summed E-state index contributed by atoms with van der Waals surface area (Å²) in [7, 11) is 1.59. The first-order valence-electron chi connectivity index (χ1n) is 7.88. The molecule has 120 valence electrons. The Morgan fingerprint density at radius 3 is 2.87 bits per heavy atom. The van der Waals surface area contributed by atoms with Gasteiger partial charge < -0.3 is 15.0 Å². The number of amides is 1. The average molecular weight is 311 g/mol. The van der Waals surface area contributed by atoms with Gasteiger partial charge >= 0.3 is 0 Å². The highest BCUT2D eigenvalue weighted by molar-refractivity contribution is 5.94. The van der Waals surface area contributed by atoms with Crippen LogP contribution in [-0.4, -0.2) is 31.1 Å². The fraction of sp³-hybridized carbons (Fsp3) is 0.333. The molecular formula is C18H21N3O2. The van der Waals surface area contributed by atoms with E-state index in [9.17, 15) is 4.79 Å². The van der Waals surface area contributed by atoms with E-state index >= 15 is 0 Å². The third kappa shape index (κ3) is 3.80. The van der Waals surface area contributed by atoms with E-state index in [1.54, 1.807) is 25.4 Å². The van der Waals surface area contributed by atoms with E-state index < -0.39 is 0 Å². The monoisotopic (exact) mass is 311 g/mol. The Labute approximate surface area is 136 Å². The summed E-state index contributed by atoms with van der Waals surface area (Å²) in [6.45, 7) is 2.61. The minimum Gasteiger partial charge on any atom is -0.497 e. The maximum Gasteiger partial charge on any atom is 0.251 e. The summed E-state index contributed by atoms with van der Waals surface area (Å²) in [6, 6.07) is 11.1. The molecule has 0 unspecified atom stereocenters. The number of carbonyl (C=O) groups is 1. The molecule has 1 aromatic heterocycles. The van der Waals surface area contributed by atoms with Gasteiger partial charge in [0.15, 0.2) is 0 Å². The van der Waals surface area contributed by atoms with Crippen LogP contribution in [0.3, 0.4) is 0 Å². The van der Waals surface area contributed by atoms with Crippen LogP contribution in [-0.2, 0) is 6.54 Å². The van der Waals surface area contributed by atoms with Crippen molar-refractivity contribution in [2.24, 2.45) is 0 Å². The van der Waals surface area contributed by atoms with Crippen LogP contribution in [0.15, 0.2) is 42.6 Å². The van der Waals surface area contributed by atoms with E-state index in [2.05, 4.69) is 21.3 Å². The number of aromatic nitrogens is 1. The first-order valence-corrected chi connectivity index (χ1v) is 7.88. The number of rotatable bonds is 5. The van der Waals surface area contributed by atoms with Gasteiger partial charge in [-0.15, -0.1) is 0 Å². The number of pyridine rings is 1. The van der Waals surface area contributed by atoms with E-state index in [1.807, 2.05) is 18.2 Å². The Hall–Kier alpha value is -2.56. The summed E-state index contributed by atoms with van der Waals surface area (Å²) in [4.78, 5) is 18.9. The molecule has 1 aliphatic heterocycles. The predicted octanol–water partition coefficient (Wildman–Crippen LogP) is 2.62. The van der Waals surface area contributed by atoms with Crippen LogP contribution in [0.4, 0.5) is 5.82 Å². The van der Waals surface area contributed by atoms with Crippen molar-refractivity contribution in [2.45, 2.75) is 19.4 Å². The molecule has 1 aliphatic rings. The number of nitrogens with zero attached hydrogens (tertiary/aromatic N) is 2. The van der Waals surface area contributed by atoms with E-state index in [-0.39, 0.29) is 5.91 Å². The van der Waals surface area contributed by atoms with Gasteiger partial charge in [-0.2, -0.15) is 0 Å². The van der Waals surface area contributed by atoms with Gasteiger partial charge in [-0.3, -0.25) is 4.79 Å². The molecule has 1 amide bonds. The summed E-state index contributed by atoms with van der Waals surface area (Å²) in [6.07, 6.45) is 4.25. The lowest BCUT2D eigenvalue weighted by atomic mass is 10.2. The molecule has 1 aromatic carbocycles. The second kappa shape index (κ2) is 7.13. The van der Waals surface area contributed by atoms with Gasteiger partial charge in [0.25, 0.3) is 5.91 Å². The number of methoxy groups -OCH3 is 1. The van der Waals surface area contributed by atoms with Crippen molar-refractivity contribution in [1.82, 2.24) is 10.3 Å². The van der Waals surface area contributed by atoms with Crippen LogP contribution in [0.1, 0.15) is 28.8 Å². The zero-order valence-electron chi connectivity index (χ0n) is 13.3. The van der Waals surface area contributed by atoms with Crippen LogP contribution in [0.5, 0.6) is 5.75 Å². The lowest BCUT2D eigenvalue weighted by molar-refractivity contribution is 0.0950. The average Bonchev–Trinajstić information content (AvgIpc) is 3.14. The van der Waals surface area contributed by atoms with Gasteiger partial charge in [-0.25, -0.2) is 4.98 Å². The summed E-state index contributed by atoms with van der Waals surface area (Å²) >= 11 is 0. The number of hydrogen-bond donors (Lipinski definition) is 1. The maximum atomic E-state index is 12.2. The number of hydrogen-bond acceptors (Lipinski definition) is 4. The Morgan fingerprint density at radius 1 is 1.26 bits per heavy atom. The Balaban J connectivity index is 1.63. The van der Waals surface area contributed by atoms with Crippen molar-refractivity contribution in [3.05, 3.63) is 53.7 Å².